The molecule has 4 N–H and O–H groups in total. The summed E-state index contributed by atoms with van der Waals surface area (Å²) in [6, 6.07) is 13.9. The van der Waals surface area contributed by atoms with Gasteiger partial charge in [0.25, 0.3) is 5.95 Å². The van der Waals surface area contributed by atoms with Gasteiger partial charge in [-0.15, -0.1) is 0 Å². The van der Waals surface area contributed by atoms with E-state index >= 15 is 0 Å². The monoisotopic (exact) mass is 409 g/mol. The van der Waals surface area contributed by atoms with Gasteiger partial charge in [-0.25, -0.2) is 9.97 Å². The molecule has 29 heavy (non-hydrogen) atoms. The van der Waals surface area contributed by atoms with Gasteiger partial charge in [-0.3, -0.25) is 0 Å². The molecule has 0 saturated carbocycles. The van der Waals surface area contributed by atoms with E-state index in [0.29, 0.717) is 5.02 Å². The van der Waals surface area contributed by atoms with E-state index in [1.54, 1.807) is 6.07 Å². The van der Waals surface area contributed by atoms with Crippen LogP contribution in [-0.4, -0.2) is 53.6 Å². The highest BCUT2D eigenvalue weighted by Crippen LogP contribution is 2.32. The lowest BCUT2D eigenvalue weighted by Crippen LogP contribution is -2.46. The number of benzene rings is 2. The fraction of sp³-hybridized carbons (Fsp3) is 0.286. The third-order valence-electron chi connectivity index (χ3n) is 5.18. The normalized spacial score (nSPS) is 14.9. The second-order valence-electron chi connectivity index (χ2n) is 7.04. The number of anilines is 1. The molecule has 1 aliphatic rings. The summed E-state index contributed by atoms with van der Waals surface area (Å²) in [7, 11) is 0. The van der Waals surface area contributed by atoms with Crippen LogP contribution in [0.2, 0.25) is 5.02 Å². The quantitative estimate of drug-likeness (QED) is 0.508. The summed E-state index contributed by atoms with van der Waals surface area (Å²) < 4.78 is 0. The molecule has 0 bridgehead atoms. The molecular formula is C21H24ClN7. The van der Waals surface area contributed by atoms with E-state index in [-0.39, 0.29) is 11.9 Å². The molecule has 0 amide bonds. The molecule has 0 unspecified atom stereocenters. The first kappa shape index (κ1) is 19.4. The maximum atomic E-state index is 6.25. The predicted molar refractivity (Wildman–Crippen MR) is 120 cm³/mol. The first-order valence-corrected chi connectivity index (χ1v) is 10.1. The fourth-order valence-corrected chi connectivity index (χ4v) is 3.82. The van der Waals surface area contributed by atoms with Crippen molar-refractivity contribution in [2.75, 3.05) is 37.6 Å². The van der Waals surface area contributed by atoms with Crippen molar-refractivity contribution in [3.05, 3.63) is 47.5 Å². The minimum Gasteiger partial charge on any atom is -0.370 e. The Hall–Kier alpha value is -2.90. The van der Waals surface area contributed by atoms with E-state index in [0.717, 1.165) is 54.9 Å². The first-order chi connectivity index (χ1) is 14.0. The highest BCUT2D eigenvalue weighted by Gasteiger charge is 2.17. The summed E-state index contributed by atoms with van der Waals surface area (Å²) in [4.78, 5) is 18.0. The SMILES string of the molecule is CCN1CCN(c2cccc(-c3nc(N=C(N)N)nc4ccc(Cl)cc34)c2)CC1. The number of halogens is 1. The van der Waals surface area contributed by atoms with Gasteiger partial charge in [0, 0.05) is 47.8 Å². The van der Waals surface area contributed by atoms with Crippen molar-refractivity contribution in [1.29, 1.82) is 0 Å². The molecule has 4 rings (SSSR count). The summed E-state index contributed by atoms with van der Waals surface area (Å²) >= 11 is 6.25. The van der Waals surface area contributed by atoms with E-state index < -0.39 is 0 Å². The molecule has 1 saturated heterocycles. The summed E-state index contributed by atoms with van der Waals surface area (Å²) in [5.74, 6) is 0.156. The maximum absolute atomic E-state index is 6.25. The zero-order chi connectivity index (χ0) is 20.4. The zero-order valence-corrected chi connectivity index (χ0v) is 17.1. The summed E-state index contributed by atoms with van der Waals surface area (Å²) in [5, 5.41) is 1.49. The molecule has 2 aromatic carbocycles. The minimum absolute atomic E-state index is 0.0770. The number of guanidine groups is 1. The lowest BCUT2D eigenvalue weighted by molar-refractivity contribution is 0.271. The molecule has 0 spiro atoms. The topological polar surface area (TPSA) is 96.7 Å². The molecule has 0 atom stereocenters. The Morgan fingerprint density at radius 2 is 1.86 bits per heavy atom. The predicted octanol–water partition coefficient (Wildman–Crippen LogP) is 3.00. The van der Waals surface area contributed by atoms with Gasteiger partial charge in [0.05, 0.1) is 11.2 Å². The molecule has 3 aromatic rings. The molecular weight excluding hydrogens is 386 g/mol. The van der Waals surface area contributed by atoms with Crippen molar-refractivity contribution >= 4 is 40.1 Å². The molecule has 0 radical (unpaired) electrons. The number of aliphatic imine (C=N–C) groups is 1. The molecule has 1 fully saturated rings. The van der Waals surface area contributed by atoms with Gasteiger partial charge in [-0.2, -0.15) is 4.99 Å². The summed E-state index contributed by atoms with van der Waals surface area (Å²) in [6.45, 7) is 7.45. The fourth-order valence-electron chi connectivity index (χ4n) is 3.65. The van der Waals surface area contributed by atoms with Gasteiger partial charge >= 0.3 is 0 Å². The van der Waals surface area contributed by atoms with Gasteiger partial charge in [-0.05, 0) is 36.9 Å². The number of piperazine rings is 1. The van der Waals surface area contributed by atoms with Crippen LogP contribution >= 0.6 is 11.6 Å². The van der Waals surface area contributed by atoms with E-state index in [4.69, 9.17) is 23.1 Å². The number of hydrogen-bond acceptors (Lipinski definition) is 5. The number of hydrogen-bond donors (Lipinski definition) is 2. The first-order valence-electron chi connectivity index (χ1n) is 9.68. The Morgan fingerprint density at radius 3 is 2.59 bits per heavy atom. The number of nitrogens with zero attached hydrogens (tertiary/aromatic N) is 5. The van der Waals surface area contributed by atoms with Crippen LogP contribution in [0.1, 0.15) is 6.92 Å². The average Bonchev–Trinajstić information content (AvgIpc) is 2.73. The van der Waals surface area contributed by atoms with Gasteiger partial charge in [-0.1, -0.05) is 30.7 Å². The van der Waals surface area contributed by atoms with Crippen molar-refractivity contribution in [3.8, 4) is 11.3 Å². The van der Waals surface area contributed by atoms with Gasteiger partial charge in [0.15, 0.2) is 5.96 Å². The second-order valence-corrected chi connectivity index (χ2v) is 7.48. The van der Waals surface area contributed by atoms with Crippen molar-refractivity contribution in [1.82, 2.24) is 14.9 Å². The van der Waals surface area contributed by atoms with E-state index in [9.17, 15) is 0 Å². The van der Waals surface area contributed by atoms with Crippen molar-refractivity contribution in [3.63, 3.8) is 0 Å². The van der Waals surface area contributed by atoms with Crippen molar-refractivity contribution in [2.45, 2.75) is 6.92 Å². The second kappa shape index (κ2) is 8.23. The highest BCUT2D eigenvalue weighted by atomic mass is 35.5. The molecule has 7 nitrogen and oxygen atoms in total. The number of rotatable bonds is 4. The minimum atomic E-state index is -0.0770. The lowest BCUT2D eigenvalue weighted by atomic mass is 10.1. The average molecular weight is 410 g/mol. The largest absolute Gasteiger partial charge is 0.370 e. The van der Waals surface area contributed by atoms with Gasteiger partial charge in [0.1, 0.15) is 0 Å². The standard InChI is InChI=1S/C21H24ClN7/c1-2-28-8-10-29(11-9-28)16-5-3-4-14(12-16)19-17-13-15(22)6-7-18(17)25-21(26-19)27-20(23)24/h3-7,12-13H,2,8-11H2,1H3,(H4,23,24,25,26,27). The van der Waals surface area contributed by atoms with E-state index in [2.05, 4.69) is 49.9 Å². The Kier molecular flexibility index (Phi) is 5.51. The van der Waals surface area contributed by atoms with Crippen LogP contribution in [0.4, 0.5) is 11.6 Å². The van der Waals surface area contributed by atoms with Crippen LogP contribution in [0.5, 0.6) is 0 Å². The van der Waals surface area contributed by atoms with Crippen LogP contribution in [0.25, 0.3) is 22.2 Å². The molecule has 0 aliphatic carbocycles. The number of aromatic nitrogens is 2. The van der Waals surface area contributed by atoms with Crippen LogP contribution < -0.4 is 16.4 Å². The highest BCUT2D eigenvalue weighted by molar-refractivity contribution is 6.31. The van der Waals surface area contributed by atoms with E-state index in [1.165, 1.54) is 5.69 Å². The number of nitrogens with two attached hydrogens (primary N) is 2. The van der Waals surface area contributed by atoms with Crippen molar-refractivity contribution < 1.29 is 0 Å². The third-order valence-corrected chi connectivity index (χ3v) is 5.41. The molecule has 150 valence electrons. The zero-order valence-electron chi connectivity index (χ0n) is 16.3. The van der Waals surface area contributed by atoms with Gasteiger partial charge in [0.2, 0.25) is 0 Å². The van der Waals surface area contributed by atoms with Gasteiger partial charge < -0.3 is 21.3 Å². The summed E-state index contributed by atoms with van der Waals surface area (Å²) in [5.41, 5.74) is 14.7. The van der Waals surface area contributed by atoms with Crippen molar-refractivity contribution in [2.24, 2.45) is 16.5 Å². The van der Waals surface area contributed by atoms with Crippen LogP contribution in [0, 0.1) is 0 Å². The Bertz CT molecular complexity index is 1050. The summed E-state index contributed by atoms with van der Waals surface area (Å²) in [6.07, 6.45) is 0. The third kappa shape index (κ3) is 4.26. The molecule has 1 aliphatic heterocycles. The molecule has 2 heterocycles. The van der Waals surface area contributed by atoms with Crippen LogP contribution in [0.15, 0.2) is 47.5 Å². The number of likely N-dealkylation sites (N-methyl/N-ethyl adjacent to an activating group) is 1. The molecule has 8 heteroatoms. The van der Waals surface area contributed by atoms with Crippen LogP contribution in [-0.2, 0) is 0 Å². The van der Waals surface area contributed by atoms with E-state index in [1.807, 2.05) is 18.2 Å². The lowest BCUT2D eigenvalue weighted by Gasteiger charge is -2.35. The smallest absolute Gasteiger partial charge is 0.253 e. The Morgan fingerprint density at radius 1 is 1.07 bits per heavy atom. The Labute approximate surface area is 175 Å². The molecule has 1 aromatic heterocycles. The number of fused-ring (bicyclic) bond motifs is 1. The van der Waals surface area contributed by atoms with Crippen LogP contribution in [0.3, 0.4) is 0 Å². The Balaban J connectivity index is 1.78. The maximum Gasteiger partial charge on any atom is 0.253 e.